The molecule has 0 amide bonds. The smallest absolute Gasteiger partial charge is 0.311 e. The third-order valence-electron chi connectivity index (χ3n) is 5.11. The van der Waals surface area contributed by atoms with E-state index in [0.717, 1.165) is 12.5 Å². The van der Waals surface area contributed by atoms with Gasteiger partial charge in [0.2, 0.25) is 0 Å². The number of phenolic OH excluding ortho intramolecular Hbond substituents is 1. The van der Waals surface area contributed by atoms with Gasteiger partial charge in [-0.15, -0.1) is 0 Å². The highest BCUT2D eigenvalue weighted by Gasteiger charge is 2.29. The van der Waals surface area contributed by atoms with Gasteiger partial charge >= 0.3 is 5.97 Å². The minimum absolute atomic E-state index is 0.218. The summed E-state index contributed by atoms with van der Waals surface area (Å²) in [5.74, 6) is -3.80. The SMILES string of the molecule is CCCCC(C(=O)O)c1c(C)n(C(=O)c2ccc(Cl)cc2)c2cc(F)c(O)cc12. The number of unbranched alkanes of at least 4 members (excludes halogenated alkanes) is 1. The van der Waals surface area contributed by atoms with Gasteiger partial charge in [-0.1, -0.05) is 31.4 Å². The van der Waals surface area contributed by atoms with Crippen LogP contribution in [-0.2, 0) is 4.79 Å². The lowest BCUT2D eigenvalue weighted by molar-refractivity contribution is -0.139. The second kappa shape index (κ2) is 8.25. The molecule has 0 spiro atoms. The number of aliphatic carboxylic acids is 1. The number of halogens is 2. The largest absolute Gasteiger partial charge is 0.505 e. The molecule has 152 valence electrons. The maximum atomic E-state index is 14.1. The first-order chi connectivity index (χ1) is 13.8. The van der Waals surface area contributed by atoms with Crippen LogP contribution in [0.2, 0.25) is 5.02 Å². The fourth-order valence-corrected chi connectivity index (χ4v) is 3.80. The molecule has 2 aromatic carbocycles. The van der Waals surface area contributed by atoms with Crippen molar-refractivity contribution in [3.8, 4) is 5.75 Å². The van der Waals surface area contributed by atoms with Crippen molar-refractivity contribution in [1.82, 2.24) is 4.57 Å². The van der Waals surface area contributed by atoms with E-state index in [1.54, 1.807) is 31.2 Å². The highest BCUT2D eigenvalue weighted by Crippen LogP contribution is 2.38. The quantitative estimate of drug-likeness (QED) is 0.555. The van der Waals surface area contributed by atoms with Crippen LogP contribution in [0.25, 0.3) is 10.9 Å². The van der Waals surface area contributed by atoms with Crippen LogP contribution in [0.4, 0.5) is 4.39 Å². The molecule has 1 unspecified atom stereocenters. The number of hydrogen-bond donors (Lipinski definition) is 2. The molecular weight excluding hydrogens is 397 g/mol. The predicted molar refractivity (Wildman–Crippen MR) is 109 cm³/mol. The molecule has 29 heavy (non-hydrogen) atoms. The van der Waals surface area contributed by atoms with Crippen molar-refractivity contribution in [2.45, 2.75) is 39.0 Å². The Morgan fingerprint density at radius 3 is 2.45 bits per heavy atom. The van der Waals surface area contributed by atoms with Gasteiger partial charge in [-0.25, -0.2) is 4.39 Å². The van der Waals surface area contributed by atoms with E-state index in [1.807, 2.05) is 6.92 Å². The lowest BCUT2D eigenvalue weighted by Crippen LogP contribution is -2.16. The minimum Gasteiger partial charge on any atom is -0.505 e. The third kappa shape index (κ3) is 3.85. The van der Waals surface area contributed by atoms with Crippen molar-refractivity contribution in [3.05, 3.63) is 64.1 Å². The zero-order valence-corrected chi connectivity index (χ0v) is 16.8. The lowest BCUT2D eigenvalue weighted by Gasteiger charge is -2.13. The predicted octanol–water partition coefficient (Wildman–Crippen LogP) is 5.49. The zero-order chi connectivity index (χ0) is 21.3. The normalized spacial score (nSPS) is 12.3. The number of benzene rings is 2. The van der Waals surface area contributed by atoms with Crippen molar-refractivity contribution >= 4 is 34.4 Å². The third-order valence-corrected chi connectivity index (χ3v) is 5.36. The van der Waals surface area contributed by atoms with Crippen molar-refractivity contribution < 1.29 is 24.2 Å². The zero-order valence-electron chi connectivity index (χ0n) is 16.1. The summed E-state index contributed by atoms with van der Waals surface area (Å²) in [6, 6.07) is 8.51. The van der Waals surface area contributed by atoms with Gasteiger partial charge in [-0.3, -0.25) is 14.2 Å². The summed E-state index contributed by atoms with van der Waals surface area (Å²) >= 11 is 5.90. The number of carbonyl (C=O) groups excluding carboxylic acids is 1. The van der Waals surface area contributed by atoms with Crippen LogP contribution in [0.1, 0.15) is 53.7 Å². The summed E-state index contributed by atoms with van der Waals surface area (Å²) in [5, 5.41) is 20.5. The molecule has 1 heterocycles. The van der Waals surface area contributed by atoms with Gasteiger partial charge in [-0.2, -0.15) is 0 Å². The molecule has 2 N–H and O–H groups in total. The number of hydrogen-bond acceptors (Lipinski definition) is 3. The van der Waals surface area contributed by atoms with E-state index in [1.165, 1.54) is 10.6 Å². The fourth-order valence-electron chi connectivity index (χ4n) is 3.67. The van der Waals surface area contributed by atoms with E-state index >= 15 is 0 Å². The molecule has 1 aromatic heterocycles. The van der Waals surface area contributed by atoms with E-state index in [4.69, 9.17) is 11.6 Å². The first-order valence-corrected chi connectivity index (χ1v) is 9.70. The van der Waals surface area contributed by atoms with Crippen molar-refractivity contribution in [1.29, 1.82) is 0 Å². The van der Waals surface area contributed by atoms with Gasteiger partial charge in [0, 0.05) is 27.7 Å². The summed E-state index contributed by atoms with van der Waals surface area (Å²) in [6.45, 7) is 3.60. The Morgan fingerprint density at radius 2 is 1.86 bits per heavy atom. The Morgan fingerprint density at radius 1 is 1.21 bits per heavy atom. The summed E-state index contributed by atoms with van der Waals surface area (Å²) in [7, 11) is 0. The first kappa shape index (κ1) is 20.9. The molecule has 0 fully saturated rings. The van der Waals surface area contributed by atoms with Crippen molar-refractivity contribution in [2.75, 3.05) is 0 Å². The summed E-state index contributed by atoms with van der Waals surface area (Å²) in [4.78, 5) is 25.2. The van der Waals surface area contributed by atoms with Crippen LogP contribution in [0, 0.1) is 12.7 Å². The second-order valence-corrected chi connectivity index (χ2v) is 7.44. The molecule has 3 aromatic rings. The number of aromatic hydroxyl groups is 1. The standard InChI is InChI=1S/C22H21ClFNO4/c1-3-4-5-15(22(28)29)20-12(2)25(18-11-17(24)19(26)10-16(18)20)21(27)13-6-8-14(23)9-7-13/h6-11,15,26H,3-5H2,1-2H3,(H,28,29). The number of nitrogens with zero attached hydrogens (tertiary/aromatic N) is 1. The lowest BCUT2D eigenvalue weighted by atomic mass is 9.91. The molecule has 5 nitrogen and oxygen atoms in total. The Balaban J connectivity index is 2.29. The van der Waals surface area contributed by atoms with Crippen molar-refractivity contribution in [3.63, 3.8) is 0 Å². The maximum absolute atomic E-state index is 14.1. The average Bonchev–Trinajstić information content (AvgIpc) is 2.94. The van der Waals surface area contributed by atoms with Gasteiger partial charge in [0.25, 0.3) is 5.91 Å². The van der Waals surface area contributed by atoms with Crippen LogP contribution < -0.4 is 0 Å². The number of carboxylic acids is 1. The molecular formula is C22H21ClFNO4. The van der Waals surface area contributed by atoms with Crippen LogP contribution in [0.15, 0.2) is 36.4 Å². The van der Waals surface area contributed by atoms with E-state index < -0.39 is 29.4 Å². The van der Waals surface area contributed by atoms with Crippen molar-refractivity contribution in [2.24, 2.45) is 0 Å². The Labute approximate surface area is 172 Å². The van der Waals surface area contributed by atoms with Crippen LogP contribution in [0.5, 0.6) is 5.75 Å². The summed E-state index contributed by atoms with van der Waals surface area (Å²) in [6.07, 6.45) is 1.87. The highest BCUT2D eigenvalue weighted by atomic mass is 35.5. The molecule has 0 bridgehead atoms. The monoisotopic (exact) mass is 417 g/mol. The number of aromatic nitrogens is 1. The topological polar surface area (TPSA) is 79.5 Å². The molecule has 0 saturated heterocycles. The van der Waals surface area contributed by atoms with E-state index in [-0.39, 0.29) is 5.52 Å². The molecule has 0 aliphatic rings. The minimum atomic E-state index is -1.02. The number of phenols is 1. The Hall–Kier alpha value is -2.86. The fraction of sp³-hybridized carbons (Fsp3) is 0.273. The summed E-state index contributed by atoms with van der Waals surface area (Å²) in [5.41, 5.74) is 1.37. The van der Waals surface area contributed by atoms with Gasteiger partial charge in [0.15, 0.2) is 11.6 Å². The van der Waals surface area contributed by atoms with Gasteiger partial charge in [-0.05, 0) is 49.2 Å². The molecule has 0 radical (unpaired) electrons. The van der Waals surface area contributed by atoms with Gasteiger partial charge in [0.05, 0.1) is 11.4 Å². The molecule has 0 aliphatic carbocycles. The van der Waals surface area contributed by atoms with E-state index in [0.29, 0.717) is 40.1 Å². The average molecular weight is 418 g/mol. The molecule has 0 saturated carbocycles. The van der Waals surface area contributed by atoms with E-state index in [9.17, 15) is 24.2 Å². The Bertz CT molecular complexity index is 1090. The van der Waals surface area contributed by atoms with Crippen LogP contribution in [-0.4, -0.2) is 26.7 Å². The van der Waals surface area contributed by atoms with Crippen LogP contribution >= 0.6 is 11.6 Å². The van der Waals surface area contributed by atoms with Gasteiger partial charge in [0.1, 0.15) is 0 Å². The molecule has 7 heteroatoms. The van der Waals surface area contributed by atoms with E-state index in [2.05, 4.69) is 0 Å². The molecule has 3 rings (SSSR count). The molecule has 1 atom stereocenters. The van der Waals surface area contributed by atoms with Crippen LogP contribution in [0.3, 0.4) is 0 Å². The molecule has 0 aliphatic heterocycles. The number of rotatable bonds is 6. The second-order valence-electron chi connectivity index (χ2n) is 7.00. The first-order valence-electron chi connectivity index (χ1n) is 9.32. The number of carbonyl (C=O) groups is 2. The number of carboxylic acid groups (broad SMARTS) is 1. The van der Waals surface area contributed by atoms with Gasteiger partial charge < -0.3 is 10.2 Å². The number of fused-ring (bicyclic) bond motifs is 1. The Kier molecular flexibility index (Phi) is 5.94. The highest BCUT2D eigenvalue weighted by molar-refractivity contribution is 6.30. The summed E-state index contributed by atoms with van der Waals surface area (Å²) < 4.78 is 15.4. The maximum Gasteiger partial charge on any atom is 0.311 e.